The highest BCUT2D eigenvalue weighted by atomic mass is 35.5. The molecule has 0 atom stereocenters. The number of nitrogens with one attached hydrogen (secondary N) is 8. The van der Waals surface area contributed by atoms with Gasteiger partial charge < -0.3 is 65.1 Å². The predicted octanol–water partition coefficient (Wildman–Crippen LogP) is 12.1. The molecule has 2 aromatic rings. The van der Waals surface area contributed by atoms with Crippen molar-refractivity contribution in [1.82, 2.24) is 58.4 Å². The van der Waals surface area contributed by atoms with Crippen molar-refractivity contribution in [1.29, 1.82) is 0 Å². The predicted molar refractivity (Wildman–Crippen MR) is 427 cm³/mol. The third-order valence-corrected chi connectivity index (χ3v) is 9.41. The average Bonchev–Trinajstić information content (AvgIpc) is 0.911. The number of carbonyl (C=O) groups is 6. The van der Waals surface area contributed by atoms with Crippen LogP contribution in [-0.2, 0) is 38.0 Å². The van der Waals surface area contributed by atoms with E-state index in [1.807, 2.05) is 122 Å². The molecule has 0 spiro atoms. The number of amidine groups is 1. The van der Waals surface area contributed by atoms with Crippen LogP contribution in [0.3, 0.4) is 0 Å². The van der Waals surface area contributed by atoms with E-state index in [4.69, 9.17) is 53.5 Å². The minimum atomic E-state index is -0.547. The summed E-state index contributed by atoms with van der Waals surface area (Å²) in [6.07, 6.45) is 2.84. The number of halogens is 2. The largest absolute Gasteiger partial charge is 0.474 e. The number of Topliss-reactive ketones (excluding diaryl/α,β-unsaturated/α-hetero) is 1. The smallest absolute Gasteiger partial charge is 0.430 e. The molecular formula is C67H123Cl2N21O13S. The summed E-state index contributed by atoms with van der Waals surface area (Å²) in [7, 11) is 17.6. The molecule has 0 aliphatic carbocycles. The lowest BCUT2D eigenvalue weighted by Crippen LogP contribution is -2.33. The van der Waals surface area contributed by atoms with Crippen molar-refractivity contribution in [3.8, 4) is 5.75 Å². The van der Waals surface area contributed by atoms with Crippen LogP contribution in [-0.4, -0.2) is 209 Å². The summed E-state index contributed by atoms with van der Waals surface area (Å²) in [6, 6.07) is 18.6. The molecule has 0 heterocycles. The molecule has 0 aliphatic rings. The van der Waals surface area contributed by atoms with Gasteiger partial charge in [-0.15, -0.1) is 27.1 Å². The third kappa shape index (κ3) is 90.5. The van der Waals surface area contributed by atoms with Crippen LogP contribution < -0.4 is 48.1 Å². The number of methoxy groups -OCH3 is 1. The SMILES string of the molecule is CC(=NN(C)C(=O)OC(C)(C)C)OC(C)(C)C.CC(=NN(C)C(=O)OC(C)(C)C)Oc1ccccc1.CNN=C(C)C(C)=O.CNN=C(C)Cl.CNN=C(C)Cl.CNN=CC(C)(C)C.CNN=COC=O.CNNC(=O)OC.CSC(C)=NN(C)C(=O)OC(C)(C)C.[C-]#[N+]C(=NNC)c1ccccc1. The van der Waals surface area contributed by atoms with E-state index in [9.17, 15) is 28.8 Å². The quantitative estimate of drug-likeness (QED) is 0.0205. The van der Waals surface area contributed by atoms with Crippen LogP contribution in [0.2, 0.25) is 0 Å². The molecule has 0 radical (unpaired) electrons. The van der Waals surface area contributed by atoms with E-state index < -0.39 is 41.2 Å². The van der Waals surface area contributed by atoms with Crippen molar-refractivity contribution in [3.63, 3.8) is 0 Å². The molecule has 104 heavy (non-hydrogen) atoms. The Kier molecular flexibility index (Phi) is 69.5. The third-order valence-electron chi connectivity index (χ3n) is 8.57. The Bertz CT molecular complexity index is 2950. The zero-order valence-electron chi connectivity index (χ0n) is 67.8. The van der Waals surface area contributed by atoms with Gasteiger partial charge in [0.2, 0.25) is 18.2 Å². The van der Waals surface area contributed by atoms with Gasteiger partial charge in [0.1, 0.15) is 38.5 Å². The minimum absolute atomic E-state index is 0.000602. The molecule has 4 amide bonds. The van der Waals surface area contributed by atoms with Crippen molar-refractivity contribution in [2.24, 2.45) is 51.3 Å². The summed E-state index contributed by atoms with van der Waals surface area (Å²) >= 11 is 12.0. The summed E-state index contributed by atoms with van der Waals surface area (Å²) in [5.41, 5.74) is 19.5. The van der Waals surface area contributed by atoms with E-state index in [0.29, 0.717) is 45.9 Å². The molecule has 0 bridgehead atoms. The number of ether oxygens (including phenoxy) is 7. The van der Waals surface area contributed by atoms with Gasteiger partial charge in [0.05, 0.1) is 17.9 Å². The van der Waals surface area contributed by atoms with Crippen molar-refractivity contribution >= 4 is 123 Å². The van der Waals surface area contributed by atoms with E-state index in [1.165, 1.54) is 44.9 Å². The highest BCUT2D eigenvalue weighted by molar-refractivity contribution is 8.13. The molecule has 594 valence electrons. The number of benzene rings is 2. The van der Waals surface area contributed by atoms with E-state index in [0.717, 1.165) is 27.0 Å². The average molecular weight is 1530 g/mol. The fraction of sp³-hybridized carbons (Fsp3) is 0.582. The van der Waals surface area contributed by atoms with Crippen LogP contribution >= 0.6 is 35.0 Å². The molecule has 2 aromatic carbocycles. The number of hydrazine groups is 1. The maximum Gasteiger partial charge on any atom is 0.430 e. The van der Waals surface area contributed by atoms with Crippen molar-refractivity contribution < 1.29 is 61.9 Å². The summed E-state index contributed by atoms with van der Waals surface area (Å²) in [6.45, 7) is 47.3. The van der Waals surface area contributed by atoms with E-state index in [1.54, 1.807) is 133 Å². The van der Waals surface area contributed by atoms with E-state index in [-0.39, 0.29) is 16.8 Å². The first-order chi connectivity index (χ1) is 47.8. The van der Waals surface area contributed by atoms with Gasteiger partial charge in [-0.2, -0.15) is 35.5 Å². The minimum Gasteiger partial charge on any atom is -0.474 e. The Morgan fingerprint density at radius 2 is 0.904 bits per heavy atom. The van der Waals surface area contributed by atoms with Gasteiger partial charge in [0, 0.05) is 103 Å². The van der Waals surface area contributed by atoms with Gasteiger partial charge in [-0.3, -0.25) is 15.0 Å². The first-order valence-electron chi connectivity index (χ1n) is 31.5. The molecule has 0 fully saturated rings. The lowest BCUT2D eigenvalue weighted by Gasteiger charge is -2.24. The topological polar surface area (TPSA) is 389 Å². The maximum atomic E-state index is 11.7. The summed E-state index contributed by atoms with van der Waals surface area (Å²) in [5.74, 6) is 1.84. The molecule has 34 nitrogen and oxygen atoms in total. The molecule has 0 unspecified atom stereocenters. The molecule has 37 heteroatoms. The van der Waals surface area contributed by atoms with Gasteiger partial charge in [-0.25, -0.2) is 35.0 Å². The zero-order chi connectivity index (χ0) is 82.9. The molecular weight excluding hydrogens is 1410 g/mol. The Morgan fingerprint density at radius 3 is 1.16 bits per heavy atom. The number of rotatable bonds is 15. The summed E-state index contributed by atoms with van der Waals surface area (Å²) in [5, 5.41) is 39.1. The van der Waals surface area contributed by atoms with Crippen LogP contribution in [0.4, 0.5) is 19.2 Å². The fourth-order valence-corrected chi connectivity index (χ4v) is 5.22. The summed E-state index contributed by atoms with van der Waals surface area (Å²) < 4.78 is 34.6. The number of para-hydroxylation sites is 1. The van der Waals surface area contributed by atoms with Crippen molar-refractivity contribution in [2.45, 2.75) is 175 Å². The molecule has 2 rings (SSSR count). The standard InChI is InChI=1S/C14H20N2O3.C12H24N2O3.C9H9N3.C9H18N2O2S.C6H14N2.C5H10N2O.2C3H7ClN2.C3H8N2O2.C3H6N2O2/c1-11(18-12-9-7-6-8-10-12)15-16(5)13(17)19-14(2,3)4;1-9(16-11(2,3)4)13-14(8)10(15)17-12(5,6)7;1-10-9(12-11-2)8-6-4-3-5-7-8;1-7(14-6)10-11(5)8(12)13-9(2,3)4;1-6(2,3)5-8-7-4;1-4(5(2)8)7-6-3;2*1-3(4)6-5-2;1-4-5-3(6)7-2;1-4-5-2-7-3-6/h6-10H,1-5H3;1-8H3;3-7,11H,2H3;1-6H3;5,7H,1-4H3;6H,1-3H3;2*5H,1-2H3;4H,1-2H3,(H,5,6);2-4H,1H3. The fourth-order valence-electron chi connectivity index (χ4n) is 4.85. The Morgan fingerprint density at radius 1 is 0.529 bits per heavy atom. The number of thioether (sulfide) groups is 1. The second-order valence-corrected chi connectivity index (χ2v) is 26.5. The molecule has 0 saturated heterocycles. The highest BCUT2D eigenvalue weighted by Gasteiger charge is 2.22. The number of hydrogen-bond acceptors (Lipinski definition) is 30. The molecule has 0 aliphatic heterocycles. The second-order valence-electron chi connectivity index (χ2n) is 24.4. The number of hydrogen-bond donors (Lipinski definition) is 8. The van der Waals surface area contributed by atoms with Crippen molar-refractivity contribution in [3.05, 3.63) is 77.6 Å². The Labute approximate surface area is 633 Å². The van der Waals surface area contributed by atoms with Crippen LogP contribution in [0, 0.1) is 12.0 Å². The number of amides is 4. The van der Waals surface area contributed by atoms with Crippen molar-refractivity contribution in [2.75, 3.05) is 83.8 Å². The number of carbonyl (C=O) groups excluding carboxylic acids is 6. The summed E-state index contributed by atoms with van der Waals surface area (Å²) in [4.78, 5) is 67.7. The highest BCUT2D eigenvalue weighted by Crippen LogP contribution is 2.14. The van der Waals surface area contributed by atoms with Crippen LogP contribution in [0.5, 0.6) is 5.75 Å². The Hall–Kier alpha value is -9.53. The van der Waals surface area contributed by atoms with Gasteiger partial charge in [-0.05, 0) is 140 Å². The first kappa shape index (κ1) is 110. The van der Waals surface area contributed by atoms with Gasteiger partial charge in [0.15, 0.2) is 5.78 Å². The van der Waals surface area contributed by atoms with E-state index in [2.05, 4.69) is 124 Å². The lowest BCUT2D eigenvalue weighted by atomic mass is 9.99. The molecule has 8 N–H and O–H groups in total. The second kappa shape index (κ2) is 65.5. The molecule has 0 aromatic heterocycles. The van der Waals surface area contributed by atoms with Gasteiger partial charge >= 0.3 is 24.4 Å². The lowest BCUT2D eigenvalue weighted by molar-refractivity contribution is -0.121. The number of hydrazone groups is 9. The number of nitrogens with zero attached hydrogens (tertiary/aromatic N) is 13. The first-order valence-corrected chi connectivity index (χ1v) is 33.4. The van der Waals surface area contributed by atoms with Crippen LogP contribution in [0.1, 0.15) is 158 Å². The zero-order valence-corrected chi connectivity index (χ0v) is 70.1. The number of ketones is 1. The van der Waals surface area contributed by atoms with Crippen LogP contribution in [0.15, 0.2) is 107 Å². The monoisotopic (exact) mass is 1530 g/mol. The van der Waals surface area contributed by atoms with E-state index >= 15 is 0 Å². The van der Waals surface area contributed by atoms with Crippen LogP contribution in [0.25, 0.3) is 4.85 Å². The Balaban J connectivity index is -0.000000169. The molecule has 0 saturated carbocycles. The van der Waals surface area contributed by atoms with Gasteiger partial charge in [0.25, 0.3) is 12.3 Å². The van der Waals surface area contributed by atoms with Gasteiger partial charge in [-0.1, -0.05) is 99.1 Å². The normalized spacial score (nSPS) is 11.5. The maximum absolute atomic E-state index is 11.7.